The largest absolute Gasteiger partial charge is 0.490 e. The molecule has 0 spiro atoms. The number of carbonyl (C=O) groups excluding carboxylic acids is 3. The number of amides is 4. The molecular formula is C25H31N3O5. The van der Waals surface area contributed by atoms with Crippen LogP contribution in [0.2, 0.25) is 0 Å². The quantitative estimate of drug-likeness (QED) is 0.539. The van der Waals surface area contributed by atoms with Crippen LogP contribution >= 0.6 is 0 Å². The number of hydrogen-bond acceptors (Lipinski definition) is 5. The predicted molar refractivity (Wildman–Crippen MR) is 124 cm³/mol. The lowest BCUT2D eigenvalue weighted by atomic mass is 9.91. The van der Waals surface area contributed by atoms with Crippen LogP contribution in [0.1, 0.15) is 37.5 Å². The molecule has 0 aromatic heterocycles. The molecule has 8 heteroatoms. The van der Waals surface area contributed by atoms with E-state index in [0.29, 0.717) is 43.2 Å². The maximum Gasteiger partial charge on any atom is 0.325 e. The summed E-state index contributed by atoms with van der Waals surface area (Å²) in [6.07, 6.45) is 0.569. The average Bonchev–Trinajstić information content (AvgIpc) is 3.00. The highest BCUT2D eigenvalue weighted by atomic mass is 16.5. The molecule has 0 unspecified atom stereocenters. The summed E-state index contributed by atoms with van der Waals surface area (Å²) in [4.78, 5) is 38.8. The number of nitrogens with zero attached hydrogens (tertiary/aromatic N) is 1. The average molecular weight is 454 g/mol. The summed E-state index contributed by atoms with van der Waals surface area (Å²) in [5, 5.41) is 5.50. The Morgan fingerprint density at radius 3 is 2.36 bits per heavy atom. The van der Waals surface area contributed by atoms with E-state index < -0.39 is 23.4 Å². The lowest BCUT2D eigenvalue weighted by Gasteiger charge is -2.22. The molecular weight excluding hydrogens is 422 g/mol. The van der Waals surface area contributed by atoms with Crippen molar-refractivity contribution >= 4 is 17.8 Å². The maximum atomic E-state index is 13.0. The summed E-state index contributed by atoms with van der Waals surface area (Å²) in [5.74, 6) is 0.502. The molecule has 176 valence electrons. The number of urea groups is 1. The van der Waals surface area contributed by atoms with E-state index in [1.54, 1.807) is 6.92 Å². The van der Waals surface area contributed by atoms with E-state index in [1.807, 2.05) is 63.2 Å². The van der Waals surface area contributed by atoms with Gasteiger partial charge in [-0.25, -0.2) is 4.79 Å². The molecule has 2 aromatic rings. The highest BCUT2D eigenvalue weighted by Crippen LogP contribution is 2.29. The van der Waals surface area contributed by atoms with E-state index in [4.69, 9.17) is 9.47 Å². The van der Waals surface area contributed by atoms with Gasteiger partial charge in [0.2, 0.25) is 5.91 Å². The van der Waals surface area contributed by atoms with Crippen LogP contribution in [0.25, 0.3) is 0 Å². The van der Waals surface area contributed by atoms with Crippen molar-refractivity contribution in [3.63, 3.8) is 0 Å². The Kier molecular flexibility index (Phi) is 7.58. The first-order valence-corrected chi connectivity index (χ1v) is 11.1. The zero-order valence-electron chi connectivity index (χ0n) is 19.6. The van der Waals surface area contributed by atoms with Crippen LogP contribution < -0.4 is 20.1 Å². The summed E-state index contributed by atoms with van der Waals surface area (Å²) in [6.45, 7) is 8.50. The fraction of sp³-hybridized carbons (Fsp3) is 0.400. The highest BCUT2D eigenvalue weighted by Gasteiger charge is 2.49. The smallest absolute Gasteiger partial charge is 0.325 e. The van der Waals surface area contributed by atoms with E-state index >= 15 is 0 Å². The minimum Gasteiger partial charge on any atom is -0.490 e. The maximum absolute atomic E-state index is 13.0. The van der Waals surface area contributed by atoms with Gasteiger partial charge in [-0.15, -0.1) is 0 Å². The van der Waals surface area contributed by atoms with Crippen molar-refractivity contribution in [3.8, 4) is 11.5 Å². The molecule has 1 aliphatic heterocycles. The van der Waals surface area contributed by atoms with E-state index in [0.717, 1.165) is 16.0 Å². The summed E-state index contributed by atoms with van der Waals surface area (Å²) < 4.78 is 11.2. The van der Waals surface area contributed by atoms with Gasteiger partial charge in [0.05, 0.1) is 13.2 Å². The number of imide groups is 1. The molecule has 0 aliphatic carbocycles. The summed E-state index contributed by atoms with van der Waals surface area (Å²) in [7, 11) is 0. The predicted octanol–water partition coefficient (Wildman–Crippen LogP) is 2.92. The lowest BCUT2D eigenvalue weighted by molar-refractivity contribution is -0.134. The third kappa shape index (κ3) is 5.45. The topological polar surface area (TPSA) is 97.0 Å². The molecule has 1 heterocycles. The van der Waals surface area contributed by atoms with Crippen LogP contribution in [0.15, 0.2) is 42.5 Å². The first kappa shape index (κ1) is 24.1. The van der Waals surface area contributed by atoms with Crippen LogP contribution in [0.4, 0.5) is 4.79 Å². The van der Waals surface area contributed by atoms with E-state index in [1.165, 1.54) is 0 Å². The standard InChI is InChI=1S/C25H31N3O5/c1-5-32-20-12-9-18(15-21(20)33-6-2)13-14-26-22(29)16-28-23(30)25(4,27-24(28)31)19-10-7-17(3)8-11-19/h7-12,15H,5-6,13-14,16H2,1-4H3,(H,26,29)(H,27,31)/t25-/m0/s1. The van der Waals surface area contributed by atoms with Crippen molar-refractivity contribution in [2.45, 2.75) is 39.7 Å². The van der Waals surface area contributed by atoms with Crippen molar-refractivity contribution < 1.29 is 23.9 Å². The van der Waals surface area contributed by atoms with Crippen LogP contribution in [0.5, 0.6) is 11.5 Å². The third-order valence-electron chi connectivity index (χ3n) is 5.55. The first-order chi connectivity index (χ1) is 15.8. The number of nitrogens with one attached hydrogen (secondary N) is 2. The van der Waals surface area contributed by atoms with Gasteiger partial charge < -0.3 is 20.1 Å². The summed E-state index contributed by atoms with van der Waals surface area (Å²) >= 11 is 0. The molecule has 1 aliphatic rings. The van der Waals surface area contributed by atoms with Gasteiger partial charge >= 0.3 is 6.03 Å². The Morgan fingerprint density at radius 2 is 1.70 bits per heavy atom. The Balaban J connectivity index is 1.57. The number of carbonyl (C=O) groups is 3. The Bertz CT molecular complexity index is 1020. The van der Waals surface area contributed by atoms with Crippen molar-refractivity contribution in [1.29, 1.82) is 0 Å². The number of rotatable bonds is 10. The monoisotopic (exact) mass is 453 g/mol. The van der Waals surface area contributed by atoms with Gasteiger partial charge in [-0.1, -0.05) is 35.9 Å². The minimum absolute atomic E-state index is 0.334. The van der Waals surface area contributed by atoms with Crippen LogP contribution in [-0.2, 0) is 21.5 Å². The number of aryl methyl sites for hydroxylation is 1. The molecule has 0 saturated carbocycles. The number of ether oxygens (including phenoxy) is 2. The minimum atomic E-state index is -1.19. The Morgan fingerprint density at radius 1 is 1.03 bits per heavy atom. The van der Waals surface area contributed by atoms with Crippen molar-refractivity contribution in [1.82, 2.24) is 15.5 Å². The molecule has 0 bridgehead atoms. The van der Waals surface area contributed by atoms with E-state index in [2.05, 4.69) is 10.6 Å². The molecule has 2 N–H and O–H groups in total. The van der Waals surface area contributed by atoms with Gasteiger partial charge in [-0.3, -0.25) is 14.5 Å². The fourth-order valence-corrected chi connectivity index (χ4v) is 3.72. The summed E-state index contributed by atoms with van der Waals surface area (Å²) in [5.41, 5.74) is 1.51. The van der Waals surface area contributed by atoms with Crippen molar-refractivity contribution in [2.75, 3.05) is 26.3 Å². The second kappa shape index (κ2) is 10.4. The Labute approximate surface area is 194 Å². The SMILES string of the molecule is CCOc1ccc(CCNC(=O)CN2C(=O)N[C@@](C)(c3ccc(C)cc3)C2=O)cc1OCC. The number of benzene rings is 2. The van der Waals surface area contributed by atoms with Crippen molar-refractivity contribution in [3.05, 3.63) is 59.2 Å². The zero-order valence-corrected chi connectivity index (χ0v) is 19.6. The van der Waals surface area contributed by atoms with Crippen molar-refractivity contribution in [2.24, 2.45) is 0 Å². The van der Waals surface area contributed by atoms with Gasteiger partial charge in [0.1, 0.15) is 12.1 Å². The van der Waals surface area contributed by atoms with Gasteiger partial charge in [-0.2, -0.15) is 0 Å². The van der Waals surface area contributed by atoms with Gasteiger partial charge in [0.25, 0.3) is 5.91 Å². The zero-order chi connectivity index (χ0) is 24.0. The lowest BCUT2D eigenvalue weighted by Crippen LogP contribution is -2.43. The van der Waals surface area contributed by atoms with Gasteiger partial charge in [0, 0.05) is 6.54 Å². The van der Waals surface area contributed by atoms with E-state index in [9.17, 15) is 14.4 Å². The second-order valence-corrected chi connectivity index (χ2v) is 8.06. The molecule has 2 aromatic carbocycles. The highest BCUT2D eigenvalue weighted by molar-refractivity contribution is 6.09. The Hall–Kier alpha value is -3.55. The molecule has 0 radical (unpaired) electrons. The molecule has 33 heavy (non-hydrogen) atoms. The molecule has 1 atom stereocenters. The molecule has 4 amide bonds. The van der Waals surface area contributed by atoms with Crippen LogP contribution in [0, 0.1) is 6.92 Å². The second-order valence-electron chi connectivity index (χ2n) is 8.06. The van der Waals surface area contributed by atoms with Crippen LogP contribution in [-0.4, -0.2) is 49.0 Å². The number of hydrogen-bond donors (Lipinski definition) is 2. The molecule has 1 saturated heterocycles. The van der Waals surface area contributed by atoms with Gasteiger partial charge in [-0.05, 0) is 57.4 Å². The molecule has 8 nitrogen and oxygen atoms in total. The molecule has 1 fully saturated rings. The fourth-order valence-electron chi connectivity index (χ4n) is 3.72. The van der Waals surface area contributed by atoms with E-state index in [-0.39, 0.29) is 6.54 Å². The van der Waals surface area contributed by atoms with Crippen LogP contribution in [0.3, 0.4) is 0 Å². The molecule has 3 rings (SSSR count). The third-order valence-corrected chi connectivity index (χ3v) is 5.55. The van der Waals surface area contributed by atoms with Gasteiger partial charge in [0.15, 0.2) is 11.5 Å². The first-order valence-electron chi connectivity index (χ1n) is 11.1. The normalized spacial score (nSPS) is 17.6. The summed E-state index contributed by atoms with van der Waals surface area (Å²) in [6, 6.07) is 12.5.